The molecule has 3 rings (SSSR count). The summed E-state index contributed by atoms with van der Waals surface area (Å²) in [6, 6.07) is 9.35. The Morgan fingerprint density at radius 2 is 2.15 bits per heavy atom. The minimum absolute atomic E-state index is 0.239. The van der Waals surface area contributed by atoms with Gasteiger partial charge in [-0.15, -0.1) is 0 Å². The van der Waals surface area contributed by atoms with Gasteiger partial charge in [0.1, 0.15) is 6.26 Å². The number of oxazole rings is 1. The van der Waals surface area contributed by atoms with E-state index < -0.39 is 5.91 Å². The van der Waals surface area contributed by atoms with E-state index >= 15 is 0 Å². The third-order valence-corrected chi connectivity index (χ3v) is 3.25. The fraction of sp³-hybridized carbons (Fsp3) is 0.133. The van der Waals surface area contributed by atoms with E-state index in [0.717, 1.165) is 10.9 Å². The molecule has 0 spiro atoms. The highest BCUT2D eigenvalue weighted by Gasteiger charge is 2.21. The van der Waals surface area contributed by atoms with Crippen LogP contribution in [0.4, 0.5) is 0 Å². The summed E-state index contributed by atoms with van der Waals surface area (Å²) in [5, 5.41) is 0.879. The quantitative estimate of drug-likeness (QED) is 0.790. The van der Waals surface area contributed by atoms with Crippen molar-refractivity contribution < 1.29 is 9.21 Å². The molecule has 2 heterocycles. The standard InChI is InChI=1S/C15H13N3O2/c1-9(15-17-6-7-20-15)13-11(14(16)19)8-10-4-2-3-5-12(10)18-13/h2-9H,1H3,(H2,16,19). The van der Waals surface area contributed by atoms with Crippen molar-refractivity contribution in [3.8, 4) is 0 Å². The number of aromatic nitrogens is 2. The van der Waals surface area contributed by atoms with Gasteiger partial charge >= 0.3 is 0 Å². The van der Waals surface area contributed by atoms with Gasteiger partial charge in [-0.3, -0.25) is 9.78 Å². The van der Waals surface area contributed by atoms with Crippen molar-refractivity contribution >= 4 is 16.8 Å². The lowest BCUT2D eigenvalue weighted by atomic mass is 9.99. The molecule has 2 N–H and O–H groups in total. The average molecular weight is 267 g/mol. The molecular weight excluding hydrogens is 254 g/mol. The first-order chi connectivity index (χ1) is 9.66. The molecule has 5 heteroatoms. The van der Waals surface area contributed by atoms with Crippen molar-refractivity contribution in [3.63, 3.8) is 0 Å². The Morgan fingerprint density at radius 1 is 1.35 bits per heavy atom. The van der Waals surface area contributed by atoms with E-state index in [2.05, 4.69) is 9.97 Å². The van der Waals surface area contributed by atoms with Crippen LogP contribution in [0.3, 0.4) is 0 Å². The predicted molar refractivity (Wildman–Crippen MR) is 74.3 cm³/mol. The van der Waals surface area contributed by atoms with Crippen LogP contribution in [0.25, 0.3) is 10.9 Å². The number of nitrogens with zero attached hydrogens (tertiary/aromatic N) is 2. The number of hydrogen-bond donors (Lipinski definition) is 1. The number of amides is 1. The molecule has 1 atom stereocenters. The van der Waals surface area contributed by atoms with Gasteiger partial charge in [-0.25, -0.2) is 4.98 Å². The summed E-state index contributed by atoms with van der Waals surface area (Å²) in [4.78, 5) is 20.3. The first-order valence-electron chi connectivity index (χ1n) is 6.25. The van der Waals surface area contributed by atoms with Crippen molar-refractivity contribution in [1.82, 2.24) is 9.97 Å². The van der Waals surface area contributed by atoms with E-state index in [-0.39, 0.29) is 5.92 Å². The molecule has 2 aromatic heterocycles. The molecule has 0 bridgehead atoms. The molecule has 1 unspecified atom stereocenters. The maximum absolute atomic E-state index is 11.7. The van der Waals surface area contributed by atoms with Crippen LogP contribution >= 0.6 is 0 Å². The van der Waals surface area contributed by atoms with E-state index in [1.54, 1.807) is 12.3 Å². The number of benzene rings is 1. The number of carbonyl (C=O) groups excluding carboxylic acids is 1. The molecule has 0 aliphatic carbocycles. The van der Waals surface area contributed by atoms with Crippen molar-refractivity contribution in [1.29, 1.82) is 0 Å². The van der Waals surface area contributed by atoms with Crippen LogP contribution in [-0.4, -0.2) is 15.9 Å². The number of pyridine rings is 1. The molecular formula is C15H13N3O2. The van der Waals surface area contributed by atoms with Crippen LogP contribution in [0, 0.1) is 0 Å². The highest BCUT2D eigenvalue weighted by Crippen LogP contribution is 2.26. The average Bonchev–Trinajstić information content (AvgIpc) is 2.99. The molecule has 0 saturated carbocycles. The summed E-state index contributed by atoms with van der Waals surface area (Å²) in [5.74, 6) is -0.232. The summed E-state index contributed by atoms with van der Waals surface area (Å²) in [7, 11) is 0. The molecule has 100 valence electrons. The minimum atomic E-state index is -0.503. The summed E-state index contributed by atoms with van der Waals surface area (Å²) in [6.45, 7) is 1.88. The van der Waals surface area contributed by atoms with Crippen LogP contribution in [-0.2, 0) is 0 Å². The van der Waals surface area contributed by atoms with Crippen LogP contribution in [0.5, 0.6) is 0 Å². The van der Waals surface area contributed by atoms with Crippen molar-refractivity contribution in [2.24, 2.45) is 5.73 Å². The fourth-order valence-corrected chi connectivity index (χ4v) is 2.22. The second-order valence-corrected chi connectivity index (χ2v) is 4.57. The molecule has 20 heavy (non-hydrogen) atoms. The van der Waals surface area contributed by atoms with Crippen molar-refractivity contribution in [2.75, 3.05) is 0 Å². The lowest BCUT2D eigenvalue weighted by Crippen LogP contribution is -2.17. The highest BCUT2D eigenvalue weighted by molar-refractivity contribution is 5.97. The second kappa shape index (κ2) is 4.77. The lowest BCUT2D eigenvalue weighted by molar-refractivity contribution is 0.0999. The Kier molecular flexibility index (Phi) is 2.95. The first-order valence-corrected chi connectivity index (χ1v) is 6.25. The lowest BCUT2D eigenvalue weighted by Gasteiger charge is -2.12. The van der Waals surface area contributed by atoms with Crippen LogP contribution in [0.15, 0.2) is 47.2 Å². The van der Waals surface area contributed by atoms with E-state index in [1.807, 2.05) is 31.2 Å². The van der Waals surface area contributed by atoms with E-state index in [9.17, 15) is 4.79 Å². The third-order valence-electron chi connectivity index (χ3n) is 3.25. The third kappa shape index (κ3) is 2.03. The van der Waals surface area contributed by atoms with Gasteiger partial charge in [-0.05, 0) is 19.1 Å². The summed E-state index contributed by atoms with van der Waals surface area (Å²) < 4.78 is 5.29. The number of rotatable bonds is 3. The molecule has 0 fully saturated rings. The van der Waals surface area contributed by atoms with Gasteiger partial charge < -0.3 is 10.2 Å². The summed E-state index contributed by atoms with van der Waals surface area (Å²) in [6.07, 6.45) is 3.06. The second-order valence-electron chi connectivity index (χ2n) is 4.57. The van der Waals surface area contributed by atoms with Crippen LogP contribution in [0.2, 0.25) is 0 Å². The van der Waals surface area contributed by atoms with Gasteiger partial charge in [0.25, 0.3) is 5.91 Å². The molecule has 0 saturated heterocycles. The summed E-state index contributed by atoms with van der Waals surface area (Å²) in [5.41, 5.74) is 7.26. The maximum atomic E-state index is 11.7. The molecule has 5 nitrogen and oxygen atoms in total. The molecule has 0 aliphatic rings. The van der Waals surface area contributed by atoms with Crippen LogP contribution < -0.4 is 5.73 Å². The largest absolute Gasteiger partial charge is 0.448 e. The molecule has 0 radical (unpaired) electrons. The number of para-hydroxylation sites is 1. The number of carbonyl (C=O) groups is 1. The molecule has 1 aromatic carbocycles. The first kappa shape index (κ1) is 12.3. The topological polar surface area (TPSA) is 82.0 Å². The van der Waals surface area contributed by atoms with Crippen molar-refractivity contribution in [2.45, 2.75) is 12.8 Å². The zero-order valence-corrected chi connectivity index (χ0v) is 10.9. The number of nitrogens with two attached hydrogens (primary N) is 1. The smallest absolute Gasteiger partial charge is 0.250 e. The van der Waals surface area contributed by atoms with Gasteiger partial charge in [0.2, 0.25) is 5.89 Å². The van der Waals surface area contributed by atoms with Crippen LogP contribution in [0.1, 0.15) is 34.8 Å². The zero-order valence-electron chi connectivity index (χ0n) is 10.9. The normalized spacial score (nSPS) is 12.4. The zero-order chi connectivity index (χ0) is 14.1. The number of primary amides is 1. The molecule has 1 amide bonds. The maximum Gasteiger partial charge on any atom is 0.250 e. The highest BCUT2D eigenvalue weighted by atomic mass is 16.3. The van der Waals surface area contributed by atoms with E-state index in [4.69, 9.17) is 10.2 Å². The molecule has 3 aromatic rings. The SMILES string of the molecule is CC(c1ncco1)c1nc2ccccc2cc1C(N)=O. The Hall–Kier alpha value is -2.69. The van der Waals surface area contributed by atoms with E-state index in [1.165, 1.54) is 6.26 Å². The molecule has 0 aliphatic heterocycles. The number of hydrogen-bond acceptors (Lipinski definition) is 4. The van der Waals surface area contributed by atoms with Gasteiger partial charge in [-0.2, -0.15) is 0 Å². The Morgan fingerprint density at radius 3 is 2.85 bits per heavy atom. The van der Waals surface area contributed by atoms with Crippen molar-refractivity contribution in [3.05, 3.63) is 59.9 Å². The van der Waals surface area contributed by atoms with Gasteiger partial charge in [-0.1, -0.05) is 18.2 Å². The summed E-state index contributed by atoms with van der Waals surface area (Å²) >= 11 is 0. The van der Waals surface area contributed by atoms with E-state index in [0.29, 0.717) is 17.1 Å². The Bertz CT molecular complexity index is 766. The Labute approximate surface area is 115 Å². The van der Waals surface area contributed by atoms with Gasteiger partial charge in [0, 0.05) is 5.39 Å². The minimum Gasteiger partial charge on any atom is -0.448 e. The monoisotopic (exact) mass is 267 g/mol. The number of fused-ring (bicyclic) bond motifs is 1. The van der Waals surface area contributed by atoms with Gasteiger partial charge in [0.15, 0.2) is 0 Å². The predicted octanol–water partition coefficient (Wildman–Crippen LogP) is 2.47. The fourth-order valence-electron chi connectivity index (χ4n) is 2.22. The van der Waals surface area contributed by atoms with Gasteiger partial charge in [0.05, 0.1) is 28.9 Å². The Balaban J connectivity index is 2.22.